The van der Waals surface area contributed by atoms with Crippen LogP contribution in [0, 0.1) is 0 Å². The fourth-order valence-corrected chi connectivity index (χ4v) is 2.68. The highest BCUT2D eigenvalue weighted by Crippen LogP contribution is 2.22. The highest BCUT2D eigenvalue weighted by atomic mass is 16.5. The van der Waals surface area contributed by atoms with Crippen LogP contribution in [0.2, 0.25) is 0 Å². The van der Waals surface area contributed by atoms with Crippen molar-refractivity contribution in [2.75, 3.05) is 33.0 Å². The third-order valence-electron chi connectivity index (χ3n) is 4.94. The summed E-state index contributed by atoms with van der Waals surface area (Å²) in [4.78, 5) is 24.8. The first kappa shape index (κ1) is 28.8. The van der Waals surface area contributed by atoms with Crippen LogP contribution in [0.1, 0.15) is 41.5 Å². The fraction of sp³-hybridized carbons (Fsp3) is 0.462. The van der Waals surface area contributed by atoms with Gasteiger partial charge in [0.2, 0.25) is 0 Å². The van der Waals surface area contributed by atoms with Crippen molar-refractivity contribution in [1.29, 1.82) is 0 Å². The number of aliphatic hydroxyl groups excluding tert-OH is 1. The molecule has 0 fully saturated rings. The molecule has 1 aliphatic heterocycles. The number of ether oxygens (including phenoxy) is 5. The van der Waals surface area contributed by atoms with Gasteiger partial charge >= 0.3 is 0 Å². The first-order valence-electron chi connectivity index (χ1n) is 11.1. The van der Waals surface area contributed by atoms with Gasteiger partial charge in [-0.3, -0.25) is 9.59 Å². The third kappa shape index (κ3) is 8.94. The molecule has 8 nitrogen and oxygen atoms in total. The predicted octanol–water partition coefficient (Wildman–Crippen LogP) is 4.05. The molecule has 0 spiro atoms. The molecule has 0 aliphatic carbocycles. The van der Waals surface area contributed by atoms with E-state index >= 15 is 0 Å². The average molecular weight is 477 g/mol. The van der Waals surface area contributed by atoms with Gasteiger partial charge in [0.05, 0.1) is 24.5 Å². The van der Waals surface area contributed by atoms with Crippen molar-refractivity contribution in [3.63, 3.8) is 0 Å². The van der Waals surface area contributed by atoms with Crippen LogP contribution in [0.4, 0.5) is 0 Å². The summed E-state index contributed by atoms with van der Waals surface area (Å²) in [6.07, 6.45) is 1.76. The van der Waals surface area contributed by atoms with E-state index in [-0.39, 0.29) is 37.1 Å². The second kappa shape index (κ2) is 14.1. The summed E-state index contributed by atoms with van der Waals surface area (Å²) in [5.41, 5.74) is 1.37. The SMILES string of the molecule is C=C(OCC)C1=CC(=O)/C(=C(/C)OCC(O)CO/C(C)=C(/C)C(=O)/C=C(\C)C(=C)OCC)CO1. The number of carbonyl (C=O) groups excluding carboxylic acids is 2. The molecule has 1 aliphatic rings. The van der Waals surface area contributed by atoms with E-state index in [9.17, 15) is 14.7 Å². The van der Waals surface area contributed by atoms with E-state index < -0.39 is 6.10 Å². The van der Waals surface area contributed by atoms with Gasteiger partial charge in [-0.25, -0.2) is 0 Å². The summed E-state index contributed by atoms with van der Waals surface area (Å²) in [5, 5.41) is 10.2. The Bertz CT molecular complexity index is 917. The van der Waals surface area contributed by atoms with Crippen molar-refractivity contribution in [1.82, 2.24) is 0 Å². The second-order valence-electron chi connectivity index (χ2n) is 7.56. The molecule has 0 saturated heterocycles. The molecule has 0 aromatic rings. The first-order chi connectivity index (χ1) is 16.0. The molecule has 1 N–H and O–H groups in total. The van der Waals surface area contributed by atoms with Crippen molar-refractivity contribution in [3.05, 3.63) is 70.8 Å². The van der Waals surface area contributed by atoms with Gasteiger partial charge in [-0.05, 0) is 53.2 Å². The van der Waals surface area contributed by atoms with Crippen molar-refractivity contribution in [2.24, 2.45) is 0 Å². The van der Waals surface area contributed by atoms with Gasteiger partial charge in [-0.15, -0.1) is 0 Å². The summed E-state index contributed by atoms with van der Waals surface area (Å²) in [6.45, 7) is 18.5. The largest absolute Gasteiger partial charge is 0.495 e. The lowest BCUT2D eigenvalue weighted by Crippen LogP contribution is -2.23. The van der Waals surface area contributed by atoms with Gasteiger partial charge in [0, 0.05) is 11.6 Å². The molecule has 34 heavy (non-hydrogen) atoms. The van der Waals surface area contributed by atoms with Crippen molar-refractivity contribution >= 4 is 11.6 Å². The van der Waals surface area contributed by atoms with E-state index in [1.165, 1.54) is 12.2 Å². The van der Waals surface area contributed by atoms with Crippen LogP contribution in [0.5, 0.6) is 0 Å². The minimum absolute atomic E-state index is 0.0149. The Morgan fingerprint density at radius 1 is 1.09 bits per heavy atom. The van der Waals surface area contributed by atoms with Gasteiger partial charge in [0.25, 0.3) is 0 Å². The molecule has 0 aromatic heterocycles. The van der Waals surface area contributed by atoms with Crippen molar-refractivity contribution in [2.45, 2.75) is 47.6 Å². The van der Waals surface area contributed by atoms with Crippen LogP contribution in [-0.4, -0.2) is 55.8 Å². The molecular weight excluding hydrogens is 440 g/mol. The van der Waals surface area contributed by atoms with Crippen molar-refractivity contribution in [3.8, 4) is 0 Å². The molecule has 0 bridgehead atoms. The molecule has 1 unspecified atom stereocenters. The number of ketones is 2. The standard InChI is InChI=1S/C26H36O8/c1-9-30-18(5)16(3)11-24(28)17(4)19(6)32-13-22(27)14-33-20(7)23-15-34-26(12-25(23)29)21(8)31-10-2/h11-12,22,27H,5,8-10,13-15H2,1-4,6-7H3/b16-11+,19-17-,23-20-. The molecule has 1 heterocycles. The minimum Gasteiger partial charge on any atom is -0.495 e. The number of rotatable bonds is 14. The number of hydrogen-bond acceptors (Lipinski definition) is 8. The maximum absolute atomic E-state index is 12.4. The van der Waals surface area contributed by atoms with Gasteiger partial charge in [0.1, 0.15) is 37.4 Å². The average Bonchev–Trinajstić information content (AvgIpc) is 2.80. The molecule has 8 heteroatoms. The maximum Gasteiger partial charge on any atom is 0.192 e. The molecular formula is C26H36O8. The predicted molar refractivity (Wildman–Crippen MR) is 128 cm³/mol. The molecule has 1 rings (SSSR count). The minimum atomic E-state index is -0.980. The Morgan fingerprint density at radius 2 is 1.71 bits per heavy atom. The highest BCUT2D eigenvalue weighted by Gasteiger charge is 2.22. The number of allylic oxidation sites excluding steroid dienone is 6. The zero-order valence-electron chi connectivity index (χ0n) is 21.0. The van der Waals surface area contributed by atoms with E-state index in [2.05, 4.69) is 13.2 Å². The van der Waals surface area contributed by atoms with Crippen LogP contribution in [-0.2, 0) is 33.3 Å². The molecule has 0 aromatic carbocycles. The summed E-state index contributed by atoms with van der Waals surface area (Å²) in [5.74, 6) is 1.24. The number of aliphatic hydroxyl groups is 1. The molecule has 0 radical (unpaired) electrons. The fourth-order valence-electron chi connectivity index (χ4n) is 2.68. The van der Waals surface area contributed by atoms with Gasteiger partial charge in [-0.2, -0.15) is 0 Å². The van der Waals surface area contributed by atoms with E-state index in [1.54, 1.807) is 27.7 Å². The van der Waals surface area contributed by atoms with E-state index in [0.29, 0.717) is 53.0 Å². The smallest absolute Gasteiger partial charge is 0.192 e. The van der Waals surface area contributed by atoms with Crippen molar-refractivity contribution < 1.29 is 38.4 Å². The van der Waals surface area contributed by atoms with E-state index in [0.717, 1.165) is 0 Å². The summed E-state index contributed by atoms with van der Waals surface area (Å²) < 4.78 is 27.2. The Hall–Kier alpha value is -3.26. The van der Waals surface area contributed by atoms with Gasteiger partial charge in [-0.1, -0.05) is 13.2 Å². The molecule has 0 saturated carbocycles. The number of hydrogen-bond donors (Lipinski definition) is 1. The first-order valence-corrected chi connectivity index (χ1v) is 11.1. The summed E-state index contributed by atoms with van der Waals surface area (Å²) >= 11 is 0. The van der Waals surface area contributed by atoms with Crippen LogP contribution in [0.3, 0.4) is 0 Å². The lowest BCUT2D eigenvalue weighted by molar-refractivity contribution is -0.113. The number of carbonyl (C=O) groups is 2. The Morgan fingerprint density at radius 3 is 2.29 bits per heavy atom. The van der Waals surface area contributed by atoms with E-state index in [4.69, 9.17) is 23.7 Å². The highest BCUT2D eigenvalue weighted by molar-refractivity contribution is 6.06. The zero-order valence-corrected chi connectivity index (χ0v) is 21.0. The van der Waals surface area contributed by atoms with Crippen LogP contribution < -0.4 is 0 Å². The van der Waals surface area contributed by atoms with Crippen LogP contribution in [0.15, 0.2) is 70.8 Å². The third-order valence-corrected chi connectivity index (χ3v) is 4.94. The molecule has 0 amide bonds. The summed E-state index contributed by atoms with van der Waals surface area (Å²) in [6, 6.07) is 0. The Balaban J connectivity index is 2.64. The Labute approximate surface area is 201 Å². The monoisotopic (exact) mass is 476 g/mol. The lowest BCUT2D eigenvalue weighted by atomic mass is 10.1. The topological polar surface area (TPSA) is 101 Å². The summed E-state index contributed by atoms with van der Waals surface area (Å²) in [7, 11) is 0. The normalized spacial score (nSPS) is 17.0. The molecule has 1 atom stereocenters. The molecule has 188 valence electrons. The van der Waals surface area contributed by atoms with E-state index in [1.807, 2.05) is 13.8 Å². The van der Waals surface area contributed by atoms with Crippen LogP contribution in [0.25, 0.3) is 0 Å². The van der Waals surface area contributed by atoms with Gasteiger partial charge in [0.15, 0.2) is 23.1 Å². The van der Waals surface area contributed by atoms with Gasteiger partial charge < -0.3 is 28.8 Å². The maximum atomic E-state index is 12.4. The Kier molecular flexibility index (Phi) is 11.9. The lowest BCUT2D eigenvalue weighted by Gasteiger charge is -2.21. The van der Waals surface area contributed by atoms with Crippen LogP contribution >= 0.6 is 0 Å². The quantitative estimate of drug-likeness (QED) is 0.228. The second-order valence-corrected chi connectivity index (χ2v) is 7.56. The zero-order chi connectivity index (χ0) is 25.8.